The lowest BCUT2D eigenvalue weighted by Gasteiger charge is -2.28. The molecule has 1 aliphatic carbocycles. The van der Waals surface area contributed by atoms with Crippen LogP contribution in [0.25, 0.3) is 0 Å². The van der Waals surface area contributed by atoms with E-state index in [1.165, 1.54) is 6.42 Å². The van der Waals surface area contributed by atoms with Crippen molar-refractivity contribution in [3.63, 3.8) is 0 Å². The van der Waals surface area contributed by atoms with Crippen molar-refractivity contribution < 1.29 is 9.47 Å². The quantitative estimate of drug-likeness (QED) is 0.856. The maximum atomic E-state index is 6.03. The SMILES string of the molecule is CCCNc1cncc(OC2CCCC(OC)C2)c1. The van der Waals surface area contributed by atoms with E-state index >= 15 is 0 Å². The van der Waals surface area contributed by atoms with Crippen molar-refractivity contribution in [2.75, 3.05) is 19.0 Å². The summed E-state index contributed by atoms with van der Waals surface area (Å²) in [6.45, 7) is 3.11. The molecule has 1 heterocycles. The first-order chi connectivity index (χ1) is 9.31. The van der Waals surface area contributed by atoms with Gasteiger partial charge in [0.05, 0.1) is 24.2 Å². The summed E-state index contributed by atoms with van der Waals surface area (Å²) in [4.78, 5) is 4.22. The Hall–Kier alpha value is -1.29. The second-order valence-corrected chi connectivity index (χ2v) is 5.10. The molecule has 0 aliphatic heterocycles. The summed E-state index contributed by atoms with van der Waals surface area (Å²) in [7, 11) is 1.78. The summed E-state index contributed by atoms with van der Waals surface area (Å²) in [5.74, 6) is 0.850. The predicted octanol–water partition coefficient (Wildman–Crippen LogP) is 3.24. The summed E-state index contributed by atoms with van der Waals surface area (Å²) in [5, 5.41) is 3.32. The summed E-state index contributed by atoms with van der Waals surface area (Å²) in [6.07, 6.45) is 9.71. The van der Waals surface area contributed by atoms with E-state index in [0.29, 0.717) is 6.10 Å². The molecule has 0 spiro atoms. The standard InChI is InChI=1S/C15H24N2O2/c1-3-7-17-12-8-15(11-16-10-12)19-14-6-4-5-13(9-14)18-2/h8,10-11,13-14,17H,3-7,9H2,1-2H3. The van der Waals surface area contributed by atoms with Gasteiger partial charge in [-0.15, -0.1) is 0 Å². The molecule has 1 fully saturated rings. The van der Waals surface area contributed by atoms with Crippen LogP contribution in [0.3, 0.4) is 0 Å². The normalized spacial score (nSPS) is 23.1. The van der Waals surface area contributed by atoms with Crippen LogP contribution in [0.2, 0.25) is 0 Å². The molecule has 106 valence electrons. The Balaban J connectivity index is 1.90. The van der Waals surface area contributed by atoms with E-state index < -0.39 is 0 Å². The minimum atomic E-state index is 0.252. The van der Waals surface area contributed by atoms with Crippen molar-refractivity contribution >= 4 is 5.69 Å². The van der Waals surface area contributed by atoms with Gasteiger partial charge in [-0.3, -0.25) is 4.98 Å². The highest BCUT2D eigenvalue weighted by Crippen LogP contribution is 2.26. The minimum absolute atomic E-state index is 0.252. The van der Waals surface area contributed by atoms with Gasteiger partial charge in [-0.05, 0) is 25.7 Å². The van der Waals surface area contributed by atoms with Crippen molar-refractivity contribution in [3.05, 3.63) is 18.5 Å². The van der Waals surface area contributed by atoms with Gasteiger partial charge < -0.3 is 14.8 Å². The number of hydrogen-bond donors (Lipinski definition) is 1. The molecule has 4 nitrogen and oxygen atoms in total. The molecule has 2 rings (SSSR count). The van der Waals surface area contributed by atoms with Gasteiger partial charge in [0.15, 0.2) is 0 Å². The molecule has 4 heteroatoms. The molecule has 0 radical (unpaired) electrons. The number of nitrogens with zero attached hydrogens (tertiary/aromatic N) is 1. The number of nitrogens with one attached hydrogen (secondary N) is 1. The molecule has 2 atom stereocenters. The first-order valence-corrected chi connectivity index (χ1v) is 7.20. The van der Waals surface area contributed by atoms with Gasteiger partial charge in [0, 0.05) is 26.1 Å². The third kappa shape index (κ3) is 4.39. The van der Waals surface area contributed by atoms with Crippen LogP contribution in [0.15, 0.2) is 18.5 Å². The highest BCUT2D eigenvalue weighted by Gasteiger charge is 2.23. The summed E-state index contributed by atoms with van der Waals surface area (Å²) in [6, 6.07) is 2.03. The van der Waals surface area contributed by atoms with Gasteiger partial charge in [0.1, 0.15) is 11.9 Å². The zero-order valence-electron chi connectivity index (χ0n) is 11.9. The van der Waals surface area contributed by atoms with Crippen LogP contribution in [-0.4, -0.2) is 30.8 Å². The van der Waals surface area contributed by atoms with Crippen molar-refractivity contribution in [3.8, 4) is 5.75 Å². The smallest absolute Gasteiger partial charge is 0.140 e. The maximum Gasteiger partial charge on any atom is 0.140 e. The monoisotopic (exact) mass is 264 g/mol. The van der Waals surface area contributed by atoms with Crippen LogP contribution < -0.4 is 10.1 Å². The Kier molecular flexibility index (Phi) is 5.45. The van der Waals surface area contributed by atoms with Gasteiger partial charge >= 0.3 is 0 Å². The zero-order valence-corrected chi connectivity index (χ0v) is 11.9. The fourth-order valence-electron chi connectivity index (χ4n) is 2.46. The predicted molar refractivity (Wildman–Crippen MR) is 76.7 cm³/mol. The van der Waals surface area contributed by atoms with Gasteiger partial charge in [0.25, 0.3) is 0 Å². The molecule has 1 aromatic heterocycles. The lowest BCUT2D eigenvalue weighted by atomic mass is 9.95. The fourth-order valence-corrected chi connectivity index (χ4v) is 2.46. The molecule has 19 heavy (non-hydrogen) atoms. The van der Waals surface area contributed by atoms with E-state index in [9.17, 15) is 0 Å². The second kappa shape index (κ2) is 7.34. The molecule has 0 aromatic carbocycles. The third-order valence-corrected chi connectivity index (χ3v) is 3.51. The number of hydrogen-bond acceptors (Lipinski definition) is 4. The van der Waals surface area contributed by atoms with Crippen LogP contribution >= 0.6 is 0 Å². The number of pyridine rings is 1. The maximum absolute atomic E-state index is 6.03. The van der Waals surface area contributed by atoms with Crippen LogP contribution in [-0.2, 0) is 4.74 Å². The minimum Gasteiger partial charge on any atom is -0.489 e. The fraction of sp³-hybridized carbons (Fsp3) is 0.667. The summed E-state index contributed by atoms with van der Waals surface area (Å²) >= 11 is 0. The molecule has 1 aromatic rings. The molecule has 0 bridgehead atoms. The first kappa shape index (κ1) is 14.1. The van der Waals surface area contributed by atoms with Gasteiger partial charge in [-0.1, -0.05) is 6.92 Å². The lowest BCUT2D eigenvalue weighted by molar-refractivity contribution is 0.0209. The Morgan fingerprint density at radius 3 is 2.95 bits per heavy atom. The molecule has 1 aliphatic rings. The molecule has 1 N–H and O–H groups in total. The highest BCUT2D eigenvalue weighted by molar-refractivity contribution is 5.45. The lowest BCUT2D eigenvalue weighted by Crippen LogP contribution is -2.29. The Morgan fingerprint density at radius 1 is 1.32 bits per heavy atom. The molecule has 0 saturated heterocycles. The molecule has 1 saturated carbocycles. The van der Waals surface area contributed by atoms with E-state index in [4.69, 9.17) is 9.47 Å². The van der Waals surface area contributed by atoms with Gasteiger partial charge in [0.2, 0.25) is 0 Å². The molecule has 2 unspecified atom stereocenters. The Labute approximate surface area is 115 Å². The van der Waals surface area contributed by atoms with Gasteiger partial charge in [-0.25, -0.2) is 0 Å². The van der Waals surface area contributed by atoms with Crippen LogP contribution in [0, 0.1) is 0 Å². The summed E-state index contributed by atoms with van der Waals surface area (Å²) in [5.41, 5.74) is 1.03. The van der Waals surface area contributed by atoms with Crippen molar-refractivity contribution in [2.24, 2.45) is 0 Å². The molecular weight excluding hydrogens is 240 g/mol. The van der Waals surface area contributed by atoms with Crippen molar-refractivity contribution in [2.45, 2.75) is 51.2 Å². The molecule has 0 amide bonds. The number of rotatable bonds is 6. The van der Waals surface area contributed by atoms with Crippen molar-refractivity contribution in [1.29, 1.82) is 0 Å². The number of methoxy groups -OCH3 is 1. The van der Waals surface area contributed by atoms with Crippen molar-refractivity contribution in [1.82, 2.24) is 4.98 Å². The topological polar surface area (TPSA) is 43.4 Å². The van der Waals surface area contributed by atoms with E-state index in [0.717, 1.165) is 43.7 Å². The first-order valence-electron chi connectivity index (χ1n) is 7.20. The third-order valence-electron chi connectivity index (χ3n) is 3.51. The average Bonchev–Trinajstić information content (AvgIpc) is 2.46. The van der Waals surface area contributed by atoms with Gasteiger partial charge in [-0.2, -0.15) is 0 Å². The van der Waals surface area contributed by atoms with E-state index in [-0.39, 0.29) is 6.10 Å². The van der Waals surface area contributed by atoms with Crippen LogP contribution in [0.5, 0.6) is 5.75 Å². The Morgan fingerprint density at radius 2 is 2.16 bits per heavy atom. The number of aromatic nitrogens is 1. The highest BCUT2D eigenvalue weighted by atomic mass is 16.5. The van der Waals surface area contributed by atoms with E-state index in [2.05, 4.69) is 17.2 Å². The second-order valence-electron chi connectivity index (χ2n) is 5.10. The zero-order chi connectivity index (χ0) is 13.5. The molecular formula is C15H24N2O2. The Bertz CT molecular complexity index is 384. The van der Waals surface area contributed by atoms with E-state index in [1.54, 1.807) is 13.3 Å². The number of ether oxygens (including phenoxy) is 2. The number of anilines is 1. The van der Waals surface area contributed by atoms with E-state index in [1.807, 2.05) is 12.3 Å². The summed E-state index contributed by atoms with van der Waals surface area (Å²) < 4.78 is 11.5. The average molecular weight is 264 g/mol. The largest absolute Gasteiger partial charge is 0.489 e. The van der Waals surface area contributed by atoms with Crippen LogP contribution in [0.1, 0.15) is 39.0 Å². The van der Waals surface area contributed by atoms with Crippen LogP contribution in [0.4, 0.5) is 5.69 Å².